The van der Waals surface area contributed by atoms with Gasteiger partial charge >= 0.3 is 0 Å². The highest BCUT2D eigenvalue weighted by molar-refractivity contribution is 8.77. The van der Waals surface area contributed by atoms with E-state index < -0.39 is 11.9 Å². The van der Waals surface area contributed by atoms with Crippen molar-refractivity contribution in [3.05, 3.63) is 90.9 Å². The van der Waals surface area contributed by atoms with E-state index in [1.165, 1.54) is 27.8 Å². The molecule has 0 bridgehead atoms. The lowest BCUT2D eigenvalue weighted by molar-refractivity contribution is -0.126. The van der Waals surface area contributed by atoms with E-state index in [-0.39, 0.29) is 16.6 Å². The smallest absolute Gasteiger partial charge is 0.252 e. The van der Waals surface area contributed by atoms with Crippen molar-refractivity contribution >= 4 is 39.3 Å². The molecular weight excluding hydrogens is 565 g/mol. The Balaban J connectivity index is 2.19. The second kappa shape index (κ2) is 23.5. The average molecular weight is 613 g/mol. The number of carbonyl (C=O) groups excluding carboxylic acids is 3. The van der Waals surface area contributed by atoms with E-state index in [1.807, 2.05) is 13.8 Å². The van der Waals surface area contributed by atoms with Gasteiger partial charge in [0.2, 0.25) is 11.8 Å². The topological polar surface area (TPSA) is 114 Å². The fourth-order valence-electron chi connectivity index (χ4n) is 3.39. The second-order valence-corrected chi connectivity index (χ2v) is 13.2. The molecular formula is C33H48N4O3S2. The van der Waals surface area contributed by atoms with Gasteiger partial charge in [0, 0.05) is 35.9 Å². The highest BCUT2D eigenvalue weighted by Crippen LogP contribution is 2.35. The van der Waals surface area contributed by atoms with Crippen molar-refractivity contribution in [1.29, 1.82) is 0 Å². The fraction of sp³-hybridized carbons (Fsp3) is 0.455. The van der Waals surface area contributed by atoms with Gasteiger partial charge in [-0.3, -0.25) is 19.4 Å². The first-order valence-corrected chi connectivity index (χ1v) is 16.9. The number of primary amides is 1. The molecule has 1 aromatic heterocycles. The third-order valence-corrected chi connectivity index (χ3v) is 9.03. The number of nitrogens with zero attached hydrogens (tertiary/aromatic N) is 1. The first-order valence-electron chi connectivity index (χ1n) is 14.6. The molecule has 0 radical (unpaired) electrons. The van der Waals surface area contributed by atoms with E-state index in [4.69, 9.17) is 5.73 Å². The van der Waals surface area contributed by atoms with Crippen LogP contribution in [0.15, 0.2) is 85.3 Å². The first kappa shape index (κ1) is 37.0. The van der Waals surface area contributed by atoms with E-state index in [2.05, 4.69) is 83.3 Å². The lowest BCUT2D eigenvalue weighted by atomic mass is 10.2. The Morgan fingerprint density at radius 2 is 1.55 bits per heavy atom. The molecule has 0 aliphatic carbocycles. The monoisotopic (exact) mass is 612 g/mol. The van der Waals surface area contributed by atoms with Gasteiger partial charge in [0.1, 0.15) is 6.04 Å². The van der Waals surface area contributed by atoms with Gasteiger partial charge in [0.05, 0.1) is 5.56 Å². The second-order valence-electron chi connectivity index (χ2n) is 10.2. The molecule has 0 fully saturated rings. The van der Waals surface area contributed by atoms with Crippen molar-refractivity contribution < 1.29 is 14.4 Å². The molecule has 7 nitrogen and oxygen atoms in total. The Bertz CT molecular complexity index is 1070. The Morgan fingerprint density at radius 1 is 0.952 bits per heavy atom. The van der Waals surface area contributed by atoms with Crippen LogP contribution in [0.2, 0.25) is 0 Å². The standard InChI is InChI=1S/C33H48N4O3S2/c1-4-5-6-7-8-9-10-11-12-13-14-15-16-17-18-19-20-23-30(38)37-29(31(34)39)26-41-42-33(2,3)27-36-32(40)28-22-21-24-35-25-28/h5-6,8-9,11-12,14-15,17-18,21-22,24-25,29H,4,7,10,13,16,19-20,23,26-27H2,1-3H3,(H2,34,39)(H,36,40)(H,37,38)/b6-5-,9-8-,12-11-,15-14-,18-17-. The fourth-order valence-corrected chi connectivity index (χ4v) is 6.04. The Labute approximate surface area is 260 Å². The zero-order valence-electron chi connectivity index (χ0n) is 25.3. The van der Waals surface area contributed by atoms with Crippen LogP contribution < -0.4 is 16.4 Å². The molecule has 4 N–H and O–H groups in total. The molecule has 1 aromatic rings. The molecule has 0 aliphatic heterocycles. The van der Waals surface area contributed by atoms with Gasteiger partial charge in [0.15, 0.2) is 0 Å². The van der Waals surface area contributed by atoms with Crippen LogP contribution >= 0.6 is 21.6 Å². The maximum absolute atomic E-state index is 12.4. The zero-order chi connectivity index (χ0) is 30.9. The molecule has 1 heterocycles. The summed E-state index contributed by atoms with van der Waals surface area (Å²) in [6, 6.07) is 2.68. The molecule has 0 spiro atoms. The van der Waals surface area contributed by atoms with E-state index in [9.17, 15) is 14.4 Å². The highest BCUT2D eigenvalue weighted by Gasteiger charge is 2.23. The number of carbonyl (C=O) groups is 3. The summed E-state index contributed by atoms with van der Waals surface area (Å²) in [4.78, 5) is 40.5. The Hall–Kier alpha value is -3.04. The van der Waals surface area contributed by atoms with Crippen LogP contribution in [0, 0.1) is 0 Å². The van der Waals surface area contributed by atoms with Crippen molar-refractivity contribution in [2.75, 3.05) is 12.3 Å². The molecule has 9 heteroatoms. The van der Waals surface area contributed by atoms with Gasteiger partial charge in [-0.05, 0) is 70.9 Å². The minimum Gasteiger partial charge on any atom is -0.368 e. The number of hydrogen-bond acceptors (Lipinski definition) is 6. The molecule has 1 unspecified atom stereocenters. The predicted octanol–water partition coefficient (Wildman–Crippen LogP) is 6.86. The van der Waals surface area contributed by atoms with Crippen molar-refractivity contribution in [2.45, 2.75) is 82.9 Å². The molecule has 1 atom stereocenters. The van der Waals surface area contributed by atoms with Crippen molar-refractivity contribution in [1.82, 2.24) is 15.6 Å². The maximum Gasteiger partial charge on any atom is 0.252 e. The summed E-state index contributed by atoms with van der Waals surface area (Å²) in [7, 11) is 2.98. The molecule has 3 amide bonds. The normalized spacial score (nSPS) is 13.1. The van der Waals surface area contributed by atoms with Crippen LogP contribution in [-0.4, -0.2) is 45.8 Å². The lowest BCUT2D eigenvalue weighted by Crippen LogP contribution is -2.46. The number of nitrogens with two attached hydrogens (primary N) is 1. The number of aromatic nitrogens is 1. The summed E-state index contributed by atoms with van der Waals surface area (Å²) in [5, 5.41) is 5.66. The zero-order valence-corrected chi connectivity index (χ0v) is 26.9. The quantitative estimate of drug-likeness (QED) is 0.0749. The SMILES string of the molecule is CC/C=C\C/C=C\C/C=C\C/C=C\C/C=C\CCCC(=O)NC(CSSC(C)(C)CNC(=O)c1cccnc1)C(N)=O. The molecule has 0 saturated heterocycles. The van der Waals surface area contributed by atoms with Crippen LogP contribution in [0.1, 0.15) is 82.5 Å². The highest BCUT2D eigenvalue weighted by atomic mass is 33.1. The van der Waals surface area contributed by atoms with Crippen LogP contribution in [0.3, 0.4) is 0 Å². The van der Waals surface area contributed by atoms with Gasteiger partial charge in [-0.2, -0.15) is 0 Å². The summed E-state index contributed by atoms with van der Waals surface area (Å²) < 4.78 is -0.296. The summed E-state index contributed by atoms with van der Waals surface area (Å²) in [6.45, 7) is 6.57. The molecule has 0 aliphatic rings. The van der Waals surface area contributed by atoms with E-state index >= 15 is 0 Å². The van der Waals surface area contributed by atoms with Crippen molar-refractivity contribution in [3.63, 3.8) is 0 Å². The largest absolute Gasteiger partial charge is 0.368 e. The van der Waals surface area contributed by atoms with Gasteiger partial charge in [-0.1, -0.05) is 89.3 Å². The third kappa shape index (κ3) is 19.9. The number of nitrogens with one attached hydrogen (secondary N) is 2. The number of pyridine rings is 1. The van der Waals surface area contributed by atoms with Gasteiger partial charge in [-0.15, -0.1) is 0 Å². The number of hydrogen-bond donors (Lipinski definition) is 3. The van der Waals surface area contributed by atoms with Gasteiger partial charge in [0.25, 0.3) is 5.91 Å². The van der Waals surface area contributed by atoms with E-state index in [0.29, 0.717) is 30.7 Å². The van der Waals surface area contributed by atoms with Gasteiger partial charge < -0.3 is 16.4 Å². The van der Waals surface area contributed by atoms with Crippen LogP contribution in [0.4, 0.5) is 0 Å². The summed E-state index contributed by atoms with van der Waals surface area (Å²) in [6.07, 6.45) is 31.4. The summed E-state index contributed by atoms with van der Waals surface area (Å²) in [5.74, 6) is -0.578. The molecule has 1 rings (SSSR count). The number of amides is 3. The minimum atomic E-state index is -0.746. The maximum atomic E-state index is 12.4. The first-order chi connectivity index (χ1) is 20.2. The molecule has 0 saturated carbocycles. The van der Waals surface area contributed by atoms with Crippen LogP contribution in [-0.2, 0) is 9.59 Å². The van der Waals surface area contributed by atoms with E-state index in [1.54, 1.807) is 18.3 Å². The lowest BCUT2D eigenvalue weighted by Gasteiger charge is -2.24. The Kier molecular flexibility index (Phi) is 20.7. The number of allylic oxidation sites excluding steroid dienone is 10. The van der Waals surface area contributed by atoms with Gasteiger partial charge in [-0.25, -0.2) is 0 Å². The minimum absolute atomic E-state index is 0.181. The predicted molar refractivity (Wildman–Crippen MR) is 180 cm³/mol. The Morgan fingerprint density at radius 3 is 2.10 bits per heavy atom. The summed E-state index contributed by atoms with van der Waals surface area (Å²) >= 11 is 0. The van der Waals surface area contributed by atoms with Crippen LogP contribution in [0.25, 0.3) is 0 Å². The third-order valence-electron chi connectivity index (χ3n) is 5.73. The number of rotatable bonds is 22. The average Bonchev–Trinajstić information content (AvgIpc) is 2.97. The molecule has 230 valence electrons. The number of unbranched alkanes of at least 4 members (excludes halogenated alkanes) is 1. The van der Waals surface area contributed by atoms with E-state index in [0.717, 1.165) is 38.5 Å². The van der Waals surface area contributed by atoms with Crippen molar-refractivity contribution in [3.8, 4) is 0 Å². The van der Waals surface area contributed by atoms with Crippen LogP contribution in [0.5, 0.6) is 0 Å². The molecule has 0 aromatic carbocycles. The molecule has 42 heavy (non-hydrogen) atoms. The summed E-state index contributed by atoms with van der Waals surface area (Å²) in [5.41, 5.74) is 6.03. The van der Waals surface area contributed by atoms with Crippen molar-refractivity contribution in [2.24, 2.45) is 5.73 Å².